The van der Waals surface area contributed by atoms with Gasteiger partial charge in [-0.25, -0.2) is 0 Å². The summed E-state index contributed by atoms with van der Waals surface area (Å²) in [5.41, 5.74) is 5.89. The standard InChI is InChI=1S/C26H32N4O5/c1-26(2,29-24(34)18-8-6-17(7-9-18)23(27)28)22(19-4-3-5-20(31)15-19)25(35)30-12-10-16(11-13-30)14-21(32)33/h3-9,15-16,22,31H,10-14H2,1-2H3,(H3,27,28)(H,29,34)(H,32,33). The highest BCUT2D eigenvalue weighted by Crippen LogP contribution is 2.34. The van der Waals surface area contributed by atoms with Crippen LogP contribution in [0.5, 0.6) is 5.75 Å². The number of carbonyl (C=O) groups excluding carboxylic acids is 2. The Hall–Kier alpha value is -3.88. The molecule has 3 rings (SSSR count). The first-order valence-corrected chi connectivity index (χ1v) is 11.5. The molecule has 0 bridgehead atoms. The van der Waals surface area contributed by atoms with E-state index in [2.05, 4.69) is 5.32 Å². The van der Waals surface area contributed by atoms with Crippen molar-refractivity contribution in [2.45, 2.75) is 44.6 Å². The number of carboxylic acid groups (broad SMARTS) is 1. The van der Waals surface area contributed by atoms with Crippen molar-refractivity contribution in [3.05, 3.63) is 65.2 Å². The number of nitrogens with two attached hydrogens (primary N) is 1. The average Bonchev–Trinajstić information content (AvgIpc) is 2.79. The molecule has 9 nitrogen and oxygen atoms in total. The maximum absolute atomic E-state index is 13.8. The van der Waals surface area contributed by atoms with Gasteiger partial charge in [-0.2, -0.15) is 0 Å². The third-order valence-electron chi connectivity index (χ3n) is 6.46. The molecule has 0 aromatic heterocycles. The molecule has 186 valence electrons. The summed E-state index contributed by atoms with van der Waals surface area (Å²) in [6.07, 6.45) is 1.28. The fourth-order valence-corrected chi connectivity index (χ4v) is 4.60. The molecule has 2 aromatic rings. The molecule has 35 heavy (non-hydrogen) atoms. The first kappa shape index (κ1) is 25.7. The molecular weight excluding hydrogens is 448 g/mol. The fourth-order valence-electron chi connectivity index (χ4n) is 4.60. The van der Waals surface area contributed by atoms with Crippen LogP contribution in [0.3, 0.4) is 0 Å². The van der Waals surface area contributed by atoms with E-state index < -0.39 is 17.4 Å². The predicted octanol–water partition coefficient (Wildman–Crippen LogP) is 2.68. The zero-order valence-electron chi connectivity index (χ0n) is 20.0. The van der Waals surface area contributed by atoms with Crippen molar-refractivity contribution in [2.24, 2.45) is 11.7 Å². The number of aliphatic carboxylic acids is 1. The third-order valence-corrected chi connectivity index (χ3v) is 6.46. The highest BCUT2D eigenvalue weighted by Gasteiger charge is 2.41. The zero-order chi connectivity index (χ0) is 25.8. The zero-order valence-corrected chi connectivity index (χ0v) is 20.0. The van der Waals surface area contributed by atoms with Gasteiger partial charge in [-0.15, -0.1) is 0 Å². The van der Waals surface area contributed by atoms with Gasteiger partial charge in [-0.3, -0.25) is 19.8 Å². The summed E-state index contributed by atoms with van der Waals surface area (Å²) >= 11 is 0. The molecule has 2 aromatic carbocycles. The maximum Gasteiger partial charge on any atom is 0.303 e. The molecule has 1 aliphatic heterocycles. The second-order valence-corrected chi connectivity index (χ2v) is 9.56. The fraction of sp³-hybridized carbons (Fsp3) is 0.385. The summed E-state index contributed by atoms with van der Waals surface area (Å²) < 4.78 is 0. The van der Waals surface area contributed by atoms with Crippen LogP contribution in [0.25, 0.3) is 0 Å². The van der Waals surface area contributed by atoms with Crippen molar-refractivity contribution < 1.29 is 24.6 Å². The number of carbonyl (C=O) groups is 3. The van der Waals surface area contributed by atoms with Crippen LogP contribution in [0.15, 0.2) is 48.5 Å². The van der Waals surface area contributed by atoms with Gasteiger partial charge in [0.2, 0.25) is 5.91 Å². The van der Waals surface area contributed by atoms with Crippen LogP contribution in [0.2, 0.25) is 0 Å². The lowest BCUT2D eigenvalue weighted by Crippen LogP contribution is -2.54. The smallest absolute Gasteiger partial charge is 0.303 e. The number of carboxylic acids is 1. The van der Waals surface area contributed by atoms with E-state index in [1.807, 2.05) is 0 Å². The highest BCUT2D eigenvalue weighted by atomic mass is 16.4. The summed E-state index contributed by atoms with van der Waals surface area (Å²) in [5, 5.41) is 29.6. The van der Waals surface area contributed by atoms with Crippen LogP contribution in [-0.2, 0) is 9.59 Å². The Morgan fingerprint density at radius 1 is 1.11 bits per heavy atom. The molecule has 0 radical (unpaired) electrons. The number of phenolic OH excluding ortho intramolecular Hbond substituents is 1. The molecule has 6 N–H and O–H groups in total. The van der Waals surface area contributed by atoms with Gasteiger partial charge in [0, 0.05) is 30.6 Å². The van der Waals surface area contributed by atoms with Gasteiger partial charge in [-0.1, -0.05) is 24.3 Å². The molecule has 1 unspecified atom stereocenters. The summed E-state index contributed by atoms with van der Waals surface area (Å²) in [6, 6.07) is 12.8. The lowest BCUT2D eigenvalue weighted by Gasteiger charge is -2.40. The first-order chi connectivity index (χ1) is 16.5. The molecule has 0 saturated carbocycles. The van der Waals surface area contributed by atoms with Crippen LogP contribution < -0.4 is 11.1 Å². The van der Waals surface area contributed by atoms with Gasteiger partial charge >= 0.3 is 5.97 Å². The van der Waals surface area contributed by atoms with E-state index in [1.54, 1.807) is 55.1 Å². The number of likely N-dealkylation sites (tertiary alicyclic amines) is 1. The number of nitrogens with zero attached hydrogens (tertiary/aromatic N) is 1. The molecule has 2 amide bonds. The summed E-state index contributed by atoms with van der Waals surface area (Å²) in [6.45, 7) is 4.39. The van der Waals surface area contributed by atoms with Crippen molar-refractivity contribution in [1.29, 1.82) is 5.41 Å². The molecule has 1 atom stereocenters. The first-order valence-electron chi connectivity index (χ1n) is 11.5. The van der Waals surface area contributed by atoms with Crippen molar-refractivity contribution >= 4 is 23.6 Å². The predicted molar refractivity (Wildman–Crippen MR) is 131 cm³/mol. The summed E-state index contributed by atoms with van der Waals surface area (Å²) in [7, 11) is 0. The van der Waals surface area contributed by atoms with E-state index in [9.17, 15) is 19.5 Å². The Balaban J connectivity index is 1.84. The number of hydrogen-bond acceptors (Lipinski definition) is 5. The summed E-state index contributed by atoms with van der Waals surface area (Å²) in [5.74, 6) is -2.26. The van der Waals surface area contributed by atoms with Crippen LogP contribution in [0.4, 0.5) is 0 Å². The van der Waals surface area contributed by atoms with E-state index in [0.717, 1.165) is 0 Å². The van der Waals surface area contributed by atoms with Gasteiger partial charge < -0.3 is 26.2 Å². The number of aromatic hydroxyl groups is 1. The second-order valence-electron chi connectivity index (χ2n) is 9.56. The lowest BCUT2D eigenvalue weighted by molar-refractivity contribution is -0.139. The van der Waals surface area contributed by atoms with Crippen molar-refractivity contribution in [3.8, 4) is 5.75 Å². The van der Waals surface area contributed by atoms with Crippen LogP contribution in [0, 0.1) is 11.3 Å². The number of benzene rings is 2. The minimum absolute atomic E-state index is 0.0161. The Bertz CT molecular complexity index is 1100. The third kappa shape index (κ3) is 6.38. The number of rotatable bonds is 8. The summed E-state index contributed by atoms with van der Waals surface area (Å²) in [4.78, 5) is 39.6. The molecule has 9 heteroatoms. The quantitative estimate of drug-likeness (QED) is 0.289. The highest BCUT2D eigenvalue weighted by molar-refractivity contribution is 5.99. The van der Waals surface area contributed by atoms with Gasteiger partial charge in [0.25, 0.3) is 5.91 Å². The van der Waals surface area contributed by atoms with E-state index in [1.165, 1.54) is 12.1 Å². The molecular formula is C26H32N4O5. The van der Waals surface area contributed by atoms with Gasteiger partial charge in [-0.05, 0) is 62.4 Å². The minimum Gasteiger partial charge on any atom is -0.508 e. The number of phenols is 1. The average molecular weight is 481 g/mol. The van der Waals surface area contributed by atoms with E-state index in [4.69, 9.17) is 16.2 Å². The monoisotopic (exact) mass is 480 g/mol. The van der Waals surface area contributed by atoms with Crippen molar-refractivity contribution in [2.75, 3.05) is 13.1 Å². The number of amides is 2. The Labute approximate surface area is 204 Å². The van der Waals surface area contributed by atoms with Crippen molar-refractivity contribution in [3.63, 3.8) is 0 Å². The Morgan fingerprint density at radius 2 is 1.71 bits per heavy atom. The van der Waals surface area contributed by atoms with E-state index >= 15 is 0 Å². The minimum atomic E-state index is -1.03. The Morgan fingerprint density at radius 3 is 2.26 bits per heavy atom. The van der Waals surface area contributed by atoms with E-state index in [0.29, 0.717) is 42.6 Å². The Kier molecular flexibility index (Phi) is 7.78. The van der Waals surface area contributed by atoms with Crippen molar-refractivity contribution in [1.82, 2.24) is 10.2 Å². The topological polar surface area (TPSA) is 157 Å². The van der Waals surface area contributed by atoms with E-state index in [-0.39, 0.29) is 35.7 Å². The number of amidine groups is 1. The molecule has 0 spiro atoms. The molecule has 1 aliphatic rings. The van der Waals surface area contributed by atoms with Gasteiger partial charge in [0.05, 0.1) is 11.5 Å². The van der Waals surface area contributed by atoms with Gasteiger partial charge in [0.1, 0.15) is 11.6 Å². The lowest BCUT2D eigenvalue weighted by atomic mass is 9.79. The van der Waals surface area contributed by atoms with Crippen LogP contribution >= 0.6 is 0 Å². The normalized spacial score (nSPS) is 15.3. The molecule has 1 fully saturated rings. The number of hydrogen-bond donors (Lipinski definition) is 5. The second kappa shape index (κ2) is 10.6. The molecule has 1 saturated heterocycles. The number of nitrogen functional groups attached to an aromatic ring is 1. The van der Waals surface area contributed by atoms with Crippen LogP contribution in [-0.4, -0.2) is 57.4 Å². The van der Waals surface area contributed by atoms with Gasteiger partial charge in [0.15, 0.2) is 0 Å². The molecule has 1 heterocycles. The SMILES string of the molecule is CC(C)(NC(=O)c1ccc(C(=N)N)cc1)C(C(=O)N1CCC(CC(=O)O)CC1)c1cccc(O)c1. The van der Waals surface area contributed by atoms with Crippen LogP contribution in [0.1, 0.15) is 60.5 Å². The maximum atomic E-state index is 13.8. The number of nitrogens with one attached hydrogen (secondary N) is 2. The molecule has 0 aliphatic carbocycles. The number of piperidine rings is 1. The largest absolute Gasteiger partial charge is 0.508 e.